The van der Waals surface area contributed by atoms with Gasteiger partial charge in [-0.2, -0.15) is 0 Å². The lowest BCUT2D eigenvalue weighted by Gasteiger charge is -2.35. The number of aryl methyl sites for hydroxylation is 1. The molecule has 0 spiro atoms. The molecule has 76 heavy (non-hydrogen) atoms. The average Bonchev–Trinajstić information content (AvgIpc) is 4.21. The zero-order valence-electron chi connectivity index (χ0n) is 39.3. The van der Waals surface area contributed by atoms with Gasteiger partial charge in [0.1, 0.15) is 78.6 Å². The highest BCUT2D eigenvalue weighted by atomic mass is 31.3. The first-order valence-electron chi connectivity index (χ1n) is 21.7. The molecule has 6 aromatic heterocycles. The molecular formula is C34H44N15O23P4-3. The Balaban J connectivity index is 0.870. The summed E-state index contributed by atoms with van der Waals surface area (Å²) in [5.74, 6) is -0.0581. The quantitative estimate of drug-likeness (QED) is 0.0261. The number of aliphatic hydroxyl groups is 3. The highest BCUT2D eigenvalue weighted by Crippen LogP contribution is 2.63. The number of aromatic amines is 1. The molecule has 0 saturated carbocycles. The summed E-state index contributed by atoms with van der Waals surface area (Å²) in [5, 5.41) is 35.6. The number of nitrogens with zero attached hydrogens (tertiary/aromatic N) is 11. The van der Waals surface area contributed by atoms with E-state index in [2.05, 4.69) is 58.3 Å². The Kier molecular flexibility index (Phi) is 15.7. The van der Waals surface area contributed by atoms with Crippen LogP contribution in [-0.4, -0.2) is 165 Å². The molecule has 3 saturated heterocycles. The molecule has 0 bridgehead atoms. The number of aliphatic hydroxyl groups excluding tert-OH is 3. The van der Waals surface area contributed by atoms with Crippen LogP contribution in [0.5, 0.6) is 0 Å². The number of nitrogens with two attached hydrogens (primary N) is 2. The van der Waals surface area contributed by atoms with E-state index in [0.717, 1.165) is 26.9 Å². The molecule has 3 aliphatic heterocycles. The van der Waals surface area contributed by atoms with Crippen molar-refractivity contribution in [2.75, 3.05) is 57.9 Å². The van der Waals surface area contributed by atoms with Crippen LogP contribution in [-0.2, 0) is 75.7 Å². The van der Waals surface area contributed by atoms with Crippen LogP contribution in [0.1, 0.15) is 18.7 Å². The monoisotopic (exact) mass is 1150 g/mol. The summed E-state index contributed by atoms with van der Waals surface area (Å²) in [6.45, 7) is -3.46. The Hall–Kier alpha value is -4.95. The number of hydrogen-bond donors (Lipinski definition) is 7. The van der Waals surface area contributed by atoms with Crippen LogP contribution in [0.3, 0.4) is 0 Å². The molecule has 42 heteroatoms. The highest BCUT2D eigenvalue weighted by Gasteiger charge is 2.52. The molecule has 3 fully saturated rings. The molecule has 0 aliphatic carbocycles. The van der Waals surface area contributed by atoms with Crippen LogP contribution in [0, 0.1) is 0 Å². The van der Waals surface area contributed by atoms with Crippen LogP contribution in [0.2, 0.25) is 0 Å². The average molecular weight is 1150 g/mol. The minimum absolute atomic E-state index is 0.00470. The van der Waals surface area contributed by atoms with E-state index in [4.69, 9.17) is 48.7 Å². The standard InChI is InChI=1S/C34H47N15O23P4/c1-37-26-17-28(41-9-39-26)48(11-43-17)33-24(63-4)23(70-73(54,55)64-5-13-19(50)20(51)31(67-13)47-10-42-16-25(35)38-8-40-27(16)47)15(69-33)7-66-75(58,59)72-76(60,61)71-74(56,57)65-6-14-22(62-3)21(52)32(68-14)49-12-46(2)18-29(49)44-34(36)45-30(18)53/h8-15,19-24,31-33,50-52H,5-7H2,1-4H3,(H9-,35,36,37,38,39,40,41,44,45,53,54,55,56,57,58,59,60,61)/p-3/t13-,14-,15-,19?,20+,21?,22+,23?,24+,31-,32-,33-/m1/s1. The van der Waals surface area contributed by atoms with E-state index in [-0.39, 0.29) is 51.1 Å². The zero-order valence-corrected chi connectivity index (χ0v) is 42.9. The van der Waals surface area contributed by atoms with Crippen molar-refractivity contribution in [1.82, 2.24) is 53.6 Å². The van der Waals surface area contributed by atoms with Crippen molar-refractivity contribution in [2.24, 2.45) is 7.05 Å². The number of H-pyrrole nitrogens is 1. The maximum Gasteiger partial charge on any atom is 0.313 e. The second kappa shape index (κ2) is 21.4. The molecule has 0 amide bonds. The Bertz CT molecular complexity index is 3390. The first kappa shape index (κ1) is 55.8. The van der Waals surface area contributed by atoms with Gasteiger partial charge < -0.3 is 93.5 Å². The molecule has 0 radical (unpaired) electrons. The van der Waals surface area contributed by atoms with Gasteiger partial charge in [0, 0.05) is 21.3 Å². The molecule has 416 valence electrons. The van der Waals surface area contributed by atoms with Gasteiger partial charge in [0.2, 0.25) is 11.7 Å². The smallest absolute Gasteiger partial charge is 0.313 e. The van der Waals surface area contributed by atoms with E-state index < -0.39 is 130 Å². The molecule has 16 atom stereocenters. The molecule has 0 aromatic carbocycles. The van der Waals surface area contributed by atoms with Crippen molar-refractivity contribution in [1.29, 1.82) is 0 Å². The van der Waals surface area contributed by atoms with Crippen LogP contribution < -0.4 is 46.5 Å². The number of phosphoric acid groups is 4. The number of hydrogen-bond acceptors (Lipinski definition) is 33. The van der Waals surface area contributed by atoms with Crippen LogP contribution in [0.4, 0.5) is 17.6 Å². The fourth-order valence-corrected chi connectivity index (χ4v) is 13.0. The number of aromatic nitrogens is 12. The molecule has 6 aromatic rings. The Morgan fingerprint density at radius 2 is 1.29 bits per heavy atom. The van der Waals surface area contributed by atoms with Gasteiger partial charge in [-0.1, -0.05) is 4.98 Å². The molecule has 7 unspecified atom stereocenters. The largest absolute Gasteiger partial charge is 0.756 e. The lowest BCUT2D eigenvalue weighted by Crippen LogP contribution is -2.46. The lowest BCUT2D eigenvalue weighted by atomic mass is 10.1. The van der Waals surface area contributed by atoms with Crippen molar-refractivity contribution < 1.29 is 108 Å². The number of methoxy groups -OCH3 is 2. The van der Waals surface area contributed by atoms with Gasteiger partial charge >= 0.3 is 5.65 Å². The Morgan fingerprint density at radius 1 is 0.724 bits per heavy atom. The summed E-state index contributed by atoms with van der Waals surface area (Å²) in [4.78, 5) is 95.8. The van der Waals surface area contributed by atoms with Crippen molar-refractivity contribution in [2.45, 2.75) is 73.6 Å². The summed E-state index contributed by atoms with van der Waals surface area (Å²) in [6.07, 6.45) is -13.3. The SMILES string of the molecule is CNc1ncnc2c1ncn2[C@@H]1O[C@H](COP(=O)([O-])OP(=O)([O-])OP(=O)([O-])OC[C@H]2O[C@@H]([n+]3cn(C)c4c(=O)[nH]c(N)nc43)C(O)[C@H]2OC)C(OP(=O)([O-])OC[C@H]2O[C@@H](n3cnc4c(N)ncnc43)[C@@H](O)C2O)[C@@H]1OC. The summed E-state index contributed by atoms with van der Waals surface area (Å²) in [6, 6.07) is 0. The number of anilines is 3. The van der Waals surface area contributed by atoms with Crippen LogP contribution >= 0.6 is 31.3 Å². The van der Waals surface area contributed by atoms with E-state index in [1.54, 1.807) is 0 Å². The van der Waals surface area contributed by atoms with Gasteiger partial charge in [-0.15, -0.1) is 0 Å². The van der Waals surface area contributed by atoms with Gasteiger partial charge in [0.05, 0.1) is 39.5 Å². The summed E-state index contributed by atoms with van der Waals surface area (Å²) >= 11 is 0. The number of fused-ring (bicyclic) bond motifs is 3. The first-order chi connectivity index (χ1) is 35.8. The Labute approximate surface area is 423 Å². The number of nitrogen functional groups attached to an aromatic ring is 2. The molecular weight excluding hydrogens is 1110 g/mol. The molecule has 3 aliphatic rings. The van der Waals surface area contributed by atoms with Gasteiger partial charge in [-0.3, -0.25) is 41.7 Å². The first-order valence-corrected chi connectivity index (χ1v) is 27.6. The van der Waals surface area contributed by atoms with Crippen molar-refractivity contribution in [3.63, 3.8) is 0 Å². The lowest BCUT2D eigenvalue weighted by molar-refractivity contribution is -0.745. The molecule has 9 rings (SSSR count). The second-order valence-corrected chi connectivity index (χ2v) is 22.5. The highest BCUT2D eigenvalue weighted by molar-refractivity contribution is 7.65. The Morgan fingerprint density at radius 3 is 1.93 bits per heavy atom. The minimum Gasteiger partial charge on any atom is -0.756 e. The number of imidazole rings is 3. The van der Waals surface area contributed by atoms with Gasteiger partial charge in [-0.25, -0.2) is 43.1 Å². The predicted molar refractivity (Wildman–Crippen MR) is 237 cm³/mol. The topological polar surface area (TPSA) is 529 Å². The molecule has 9 N–H and O–H groups in total. The van der Waals surface area contributed by atoms with Crippen LogP contribution in [0.15, 0.2) is 36.4 Å². The second-order valence-electron chi connectivity index (χ2n) is 16.6. The van der Waals surface area contributed by atoms with Crippen molar-refractivity contribution >= 4 is 82.4 Å². The maximum absolute atomic E-state index is 13.6. The number of phosphoric ester groups is 3. The van der Waals surface area contributed by atoms with Crippen LogP contribution in [0.25, 0.3) is 33.5 Å². The summed E-state index contributed by atoms with van der Waals surface area (Å²) in [7, 11) is -19.4. The predicted octanol–water partition coefficient (Wildman–Crippen LogP) is -5.42. The number of nitrogens with one attached hydrogen (secondary N) is 2. The molecule has 38 nitrogen and oxygen atoms in total. The summed E-state index contributed by atoms with van der Waals surface area (Å²) in [5.41, 5.74) is 11.3. The van der Waals surface area contributed by atoms with Crippen molar-refractivity contribution in [3.05, 3.63) is 42.0 Å². The van der Waals surface area contributed by atoms with Gasteiger partial charge in [0.15, 0.2) is 41.7 Å². The third kappa shape index (κ3) is 11.1. The fourth-order valence-electron chi connectivity index (χ4n) is 8.63. The zero-order chi connectivity index (χ0) is 54.8. The third-order valence-corrected chi connectivity index (χ3v) is 17.0. The van der Waals surface area contributed by atoms with E-state index in [9.17, 15) is 57.9 Å². The van der Waals surface area contributed by atoms with Gasteiger partial charge in [0.25, 0.3) is 42.8 Å². The maximum atomic E-state index is 13.6. The van der Waals surface area contributed by atoms with E-state index in [0.29, 0.717) is 0 Å². The summed E-state index contributed by atoms with van der Waals surface area (Å²) < 4.78 is 114. The number of rotatable bonds is 21. The van der Waals surface area contributed by atoms with Gasteiger partial charge in [-0.05, 0) is 0 Å². The van der Waals surface area contributed by atoms with Crippen molar-refractivity contribution in [3.8, 4) is 0 Å². The number of ether oxygens (including phenoxy) is 5. The van der Waals surface area contributed by atoms with E-state index >= 15 is 0 Å². The normalized spacial score (nSPS) is 30.2. The minimum atomic E-state index is -6.55. The third-order valence-electron chi connectivity index (χ3n) is 11.9. The fraction of sp³-hybridized carbons (Fsp3) is 0.559. The van der Waals surface area contributed by atoms with E-state index in [1.165, 1.54) is 51.3 Å². The van der Waals surface area contributed by atoms with E-state index in [1.807, 2.05) is 0 Å². The molecule has 9 heterocycles.